The van der Waals surface area contributed by atoms with Crippen molar-refractivity contribution < 1.29 is 4.74 Å². The van der Waals surface area contributed by atoms with Crippen LogP contribution in [0.1, 0.15) is 45.1 Å². The highest BCUT2D eigenvalue weighted by Gasteiger charge is 2.61. The molecule has 4 aromatic carbocycles. The van der Waals surface area contributed by atoms with E-state index in [1.54, 1.807) is 5.56 Å². The second-order valence-corrected chi connectivity index (χ2v) is 11.6. The molecule has 9 rings (SSSR count). The molecule has 3 nitrogen and oxygen atoms in total. The van der Waals surface area contributed by atoms with Crippen LogP contribution in [0.3, 0.4) is 0 Å². The minimum absolute atomic E-state index is 0.0782. The van der Waals surface area contributed by atoms with Crippen molar-refractivity contribution in [3.05, 3.63) is 84.4 Å². The molecule has 2 atom stereocenters. The summed E-state index contributed by atoms with van der Waals surface area (Å²) in [4.78, 5) is 5.24. The normalized spacial score (nSPS) is 25.3. The Morgan fingerprint density at radius 1 is 0.694 bits per heavy atom. The van der Waals surface area contributed by atoms with Crippen molar-refractivity contribution in [3.8, 4) is 11.5 Å². The van der Waals surface area contributed by atoms with Crippen molar-refractivity contribution in [2.24, 2.45) is 0 Å². The molecular formula is C32H27BN2O. The molecule has 1 aliphatic carbocycles. The summed E-state index contributed by atoms with van der Waals surface area (Å²) in [5.74, 6) is 1.87. The highest BCUT2D eigenvalue weighted by molar-refractivity contribution is 7.00. The number of hydrogen-bond donors (Lipinski definition) is 0. The van der Waals surface area contributed by atoms with Gasteiger partial charge in [-0.1, -0.05) is 68.3 Å². The fourth-order valence-corrected chi connectivity index (χ4v) is 8.42. The molecule has 5 aliphatic rings. The monoisotopic (exact) mass is 466 g/mol. The van der Waals surface area contributed by atoms with Crippen LogP contribution in [0.2, 0.25) is 0 Å². The third-order valence-electron chi connectivity index (χ3n) is 10.2. The molecule has 0 bridgehead atoms. The zero-order chi connectivity index (χ0) is 23.8. The maximum Gasteiger partial charge on any atom is 0.252 e. The highest BCUT2D eigenvalue weighted by Crippen LogP contribution is 2.62. The number of rotatable bonds is 0. The zero-order valence-corrected chi connectivity index (χ0v) is 20.7. The Morgan fingerprint density at radius 3 is 2.31 bits per heavy atom. The van der Waals surface area contributed by atoms with Crippen molar-refractivity contribution in [2.45, 2.75) is 50.5 Å². The second kappa shape index (κ2) is 6.18. The Balaban J connectivity index is 1.42. The zero-order valence-electron chi connectivity index (χ0n) is 20.7. The number of fused-ring (bicyclic) bond motifs is 9. The lowest BCUT2D eigenvalue weighted by atomic mass is 9.33. The standard InChI is InChI=1S/C32H27BN2O/c1-31-18-5-6-19-32(31,2)35-25-15-9-14-24-28(25)33(21-11-7-10-20(31)29(21)35)22-12-8-17-27-30(22)34(24)23-13-3-4-16-26(23)36-27/h3-4,7-17H,5-6,18-19H2,1-2H3/t31-,32?/m0/s1. The van der Waals surface area contributed by atoms with E-state index < -0.39 is 0 Å². The number of benzene rings is 4. The molecule has 4 aromatic rings. The number of hydrogen-bond acceptors (Lipinski definition) is 3. The molecular weight excluding hydrogens is 439 g/mol. The minimum Gasteiger partial charge on any atom is -0.453 e. The van der Waals surface area contributed by atoms with Crippen LogP contribution >= 0.6 is 0 Å². The van der Waals surface area contributed by atoms with Crippen LogP contribution in [-0.4, -0.2) is 12.3 Å². The lowest BCUT2D eigenvalue weighted by Crippen LogP contribution is -2.64. The average Bonchev–Trinajstić information content (AvgIpc) is 3.12. The summed E-state index contributed by atoms with van der Waals surface area (Å²) in [7, 11) is 0. The SMILES string of the molecule is CC12CCCC[C@@]1(C)c1cccc3c1N2c1cccc2c1B3c1cccc3c1N2c1ccccc1O3. The van der Waals surface area contributed by atoms with Crippen molar-refractivity contribution in [1.29, 1.82) is 0 Å². The van der Waals surface area contributed by atoms with Crippen molar-refractivity contribution >= 4 is 51.5 Å². The molecule has 4 heteroatoms. The summed E-state index contributed by atoms with van der Waals surface area (Å²) in [5.41, 5.74) is 12.5. The molecule has 4 aliphatic heterocycles. The van der Waals surface area contributed by atoms with Gasteiger partial charge in [-0.3, -0.25) is 0 Å². The predicted octanol–water partition coefficient (Wildman–Crippen LogP) is 6.15. The highest BCUT2D eigenvalue weighted by atomic mass is 16.5. The molecule has 0 N–H and O–H groups in total. The number of nitrogens with zero attached hydrogens (tertiary/aromatic N) is 2. The Morgan fingerprint density at radius 2 is 1.39 bits per heavy atom. The van der Waals surface area contributed by atoms with E-state index in [9.17, 15) is 0 Å². The Labute approximate surface area is 212 Å². The van der Waals surface area contributed by atoms with Crippen LogP contribution in [0.25, 0.3) is 0 Å². The van der Waals surface area contributed by atoms with Gasteiger partial charge in [0.15, 0.2) is 11.5 Å². The first-order valence-electron chi connectivity index (χ1n) is 13.4. The summed E-state index contributed by atoms with van der Waals surface area (Å²) in [6, 6.07) is 29.2. The molecule has 0 spiro atoms. The lowest BCUT2D eigenvalue weighted by Gasteiger charge is -2.53. The van der Waals surface area contributed by atoms with E-state index in [0.717, 1.165) is 17.2 Å². The van der Waals surface area contributed by atoms with Gasteiger partial charge in [0, 0.05) is 22.5 Å². The van der Waals surface area contributed by atoms with Gasteiger partial charge in [-0.2, -0.15) is 0 Å². The summed E-state index contributed by atoms with van der Waals surface area (Å²) in [5, 5.41) is 0. The lowest BCUT2D eigenvalue weighted by molar-refractivity contribution is 0.195. The van der Waals surface area contributed by atoms with Crippen LogP contribution in [0.15, 0.2) is 78.9 Å². The largest absolute Gasteiger partial charge is 0.453 e. The van der Waals surface area contributed by atoms with E-state index in [0.29, 0.717) is 0 Å². The quantitative estimate of drug-likeness (QED) is 0.250. The maximum absolute atomic E-state index is 6.48. The molecule has 4 heterocycles. The molecule has 0 amide bonds. The van der Waals surface area contributed by atoms with Gasteiger partial charge in [0.05, 0.1) is 16.9 Å². The third-order valence-corrected chi connectivity index (χ3v) is 10.2. The van der Waals surface area contributed by atoms with Crippen LogP contribution in [-0.2, 0) is 5.41 Å². The number of ether oxygens (including phenoxy) is 1. The third kappa shape index (κ3) is 1.96. The van der Waals surface area contributed by atoms with E-state index in [1.807, 2.05) is 0 Å². The molecule has 1 unspecified atom stereocenters. The molecule has 1 fully saturated rings. The van der Waals surface area contributed by atoms with E-state index in [-0.39, 0.29) is 17.7 Å². The molecule has 1 saturated carbocycles. The van der Waals surface area contributed by atoms with E-state index >= 15 is 0 Å². The van der Waals surface area contributed by atoms with Crippen molar-refractivity contribution in [2.75, 3.05) is 9.80 Å². The number of para-hydroxylation sites is 4. The van der Waals surface area contributed by atoms with Crippen LogP contribution in [0, 0.1) is 0 Å². The minimum atomic E-state index is 0.0782. The second-order valence-electron chi connectivity index (χ2n) is 11.6. The molecule has 0 saturated heterocycles. The maximum atomic E-state index is 6.48. The van der Waals surface area contributed by atoms with Gasteiger partial charge in [-0.05, 0) is 72.0 Å². The molecule has 0 aromatic heterocycles. The Bertz CT molecular complexity index is 1650. The van der Waals surface area contributed by atoms with Crippen molar-refractivity contribution in [1.82, 2.24) is 0 Å². The Kier molecular flexibility index (Phi) is 3.35. The predicted molar refractivity (Wildman–Crippen MR) is 149 cm³/mol. The summed E-state index contributed by atoms with van der Waals surface area (Å²) in [6.45, 7) is 5.28. The van der Waals surface area contributed by atoms with Crippen LogP contribution in [0.5, 0.6) is 11.5 Å². The van der Waals surface area contributed by atoms with Gasteiger partial charge in [-0.15, -0.1) is 0 Å². The van der Waals surface area contributed by atoms with Gasteiger partial charge in [0.2, 0.25) is 0 Å². The average molecular weight is 466 g/mol. The van der Waals surface area contributed by atoms with Crippen LogP contribution in [0.4, 0.5) is 28.4 Å². The van der Waals surface area contributed by atoms with Gasteiger partial charge < -0.3 is 14.5 Å². The molecule has 174 valence electrons. The summed E-state index contributed by atoms with van der Waals surface area (Å²) < 4.78 is 6.48. The van der Waals surface area contributed by atoms with E-state index in [1.165, 1.54) is 64.8 Å². The van der Waals surface area contributed by atoms with Gasteiger partial charge in [0.25, 0.3) is 6.71 Å². The fraction of sp³-hybridized carbons (Fsp3) is 0.250. The fourth-order valence-electron chi connectivity index (χ4n) is 8.42. The van der Waals surface area contributed by atoms with Gasteiger partial charge >= 0.3 is 0 Å². The Hall–Kier alpha value is -3.66. The van der Waals surface area contributed by atoms with Gasteiger partial charge in [-0.25, -0.2) is 0 Å². The van der Waals surface area contributed by atoms with Crippen LogP contribution < -0.4 is 30.9 Å². The molecule has 0 radical (unpaired) electrons. The first-order chi connectivity index (χ1) is 17.6. The van der Waals surface area contributed by atoms with Crippen molar-refractivity contribution in [3.63, 3.8) is 0 Å². The number of anilines is 5. The first-order valence-corrected chi connectivity index (χ1v) is 13.4. The summed E-state index contributed by atoms with van der Waals surface area (Å²) >= 11 is 0. The topological polar surface area (TPSA) is 15.7 Å². The smallest absolute Gasteiger partial charge is 0.252 e. The van der Waals surface area contributed by atoms with E-state index in [4.69, 9.17) is 4.74 Å². The first kappa shape index (κ1) is 19.5. The van der Waals surface area contributed by atoms with E-state index in [2.05, 4.69) is 103 Å². The molecule has 36 heavy (non-hydrogen) atoms. The summed E-state index contributed by atoms with van der Waals surface area (Å²) in [6.07, 6.45) is 5.10. The van der Waals surface area contributed by atoms with Gasteiger partial charge in [0.1, 0.15) is 0 Å².